The quantitative estimate of drug-likeness (QED) is 0.869. The lowest BCUT2D eigenvalue weighted by atomic mass is 9.97. The molecule has 0 radical (unpaired) electrons. The number of aryl methyl sites for hydroxylation is 1. The summed E-state index contributed by atoms with van der Waals surface area (Å²) in [5.41, 5.74) is 1.55. The van der Waals surface area contributed by atoms with Crippen LogP contribution >= 0.6 is 0 Å². The van der Waals surface area contributed by atoms with Crippen molar-refractivity contribution in [3.63, 3.8) is 0 Å². The summed E-state index contributed by atoms with van der Waals surface area (Å²) in [6.07, 6.45) is 1.64. The zero-order valence-electron chi connectivity index (χ0n) is 16.1. The van der Waals surface area contributed by atoms with Gasteiger partial charge in [-0.15, -0.1) is 0 Å². The van der Waals surface area contributed by atoms with Crippen LogP contribution in [0.2, 0.25) is 0 Å². The third-order valence-corrected chi connectivity index (χ3v) is 5.17. The van der Waals surface area contributed by atoms with Gasteiger partial charge in [-0.05, 0) is 25.3 Å². The molecule has 1 aromatic carbocycles. The van der Waals surface area contributed by atoms with Gasteiger partial charge >= 0.3 is 5.69 Å². The molecule has 1 saturated heterocycles. The van der Waals surface area contributed by atoms with E-state index in [9.17, 15) is 14.4 Å². The number of carbonyl (C=O) groups is 1. The molecular weight excluding hydrogens is 344 g/mol. The predicted octanol–water partition coefficient (Wildman–Crippen LogP) is 0.925. The number of benzene rings is 1. The molecule has 0 spiro atoms. The zero-order chi connectivity index (χ0) is 19.6. The Labute approximate surface area is 158 Å². The summed E-state index contributed by atoms with van der Waals surface area (Å²) in [5, 5.41) is 3.01. The molecule has 0 bridgehead atoms. The normalized spacial score (nSPS) is 17.0. The highest BCUT2D eigenvalue weighted by Gasteiger charge is 2.27. The highest BCUT2D eigenvalue weighted by molar-refractivity contribution is 5.79. The van der Waals surface area contributed by atoms with Crippen LogP contribution in [0.15, 0.2) is 39.9 Å². The van der Waals surface area contributed by atoms with Crippen LogP contribution in [0.5, 0.6) is 0 Å². The molecule has 7 nitrogen and oxygen atoms in total. The first kappa shape index (κ1) is 18.9. The number of hydrogen-bond acceptors (Lipinski definition) is 4. The van der Waals surface area contributed by atoms with Gasteiger partial charge in [0, 0.05) is 39.8 Å². The van der Waals surface area contributed by atoms with Gasteiger partial charge in [-0.1, -0.05) is 29.8 Å². The van der Waals surface area contributed by atoms with Crippen molar-refractivity contribution in [2.45, 2.75) is 26.3 Å². The lowest BCUT2D eigenvalue weighted by Crippen LogP contribution is -2.46. The molecule has 2 heterocycles. The maximum Gasteiger partial charge on any atom is 0.332 e. The zero-order valence-corrected chi connectivity index (χ0v) is 16.1. The Bertz CT molecular complexity index is 960. The number of nitrogens with one attached hydrogen (secondary N) is 1. The molecule has 144 valence electrons. The molecule has 1 fully saturated rings. The minimum atomic E-state index is -0.358. The van der Waals surface area contributed by atoms with E-state index < -0.39 is 0 Å². The van der Waals surface area contributed by atoms with Crippen molar-refractivity contribution in [2.75, 3.05) is 18.0 Å². The number of carbonyl (C=O) groups excluding carboxylic acids is 1. The number of aromatic nitrogens is 2. The average Bonchev–Trinajstić information content (AvgIpc) is 2.67. The molecule has 7 heteroatoms. The van der Waals surface area contributed by atoms with Crippen LogP contribution in [0.1, 0.15) is 24.0 Å². The number of amides is 1. The van der Waals surface area contributed by atoms with Gasteiger partial charge in [0.15, 0.2) is 0 Å². The Balaban J connectivity index is 1.70. The number of anilines is 1. The van der Waals surface area contributed by atoms with Gasteiger partial charge in [0.1, 0.15) is 5.82 Å². The summed E-state index contributed by atoms with van der Waals surface area (Å²) >= 11 is 0. The molecular formula is C20H26N4O3. The predicted molar refractivity (Wildman–Crippen MR) is 105 cm³/mol. The van der Waals surface area contributed by atoms with Crippen LogP contribution in [-0.2, 0) is 25.4 Å². The number of piperidine rings is 1. The van der Waals surface area contributed by atoms with Gasteiger partial charge in [-0.3, -0.25) is 18.7 Å². The van der Waals surface area contributed by atoms with E-state index in [1.807, 2.05) is 30.0 Å². The topological polar surface area (TPSA) is 76.3 Å². The Morgan fingerprint density at radius 3 is 2.70 bits per heavy atom. The van der Waals surface area contributed by atoms with Crippen LogP contribution < -0.4 is 21.5 Å². The molecule has 3 rings (SSSR count). The summed E-state index contributed by atoms with van der Waals surface area (Å²) in [6, 6.07) is 9.53. The molecule has 1 amide bonds. The van der Waals surface area contributed by atoms with Gasteiger partial charge in [0.2, 0.25) is 5.91 Å². The van der Waals surface area contributed by atoms with E-state index in [0.29, 0.717) is 18.9 Å². The Morgan fingerprint density at radius 2 is 1.96 bits per heavy atom. The molecule has 1 aliphatic rings. The highest BCUT2D eigenvalue weighted by atomic mass is 16.2. The van der Waals surface area contributed by atoms with E-state index in [0.717, 1.165) is 35.1 Å². The van der Waals surface area contributed by atoms with Crippen LogP contribution in [-0.4, -0.2) is 28.1 Å². The smallest absolute Gasteiger partial charge is 0.332 e. The molecule has 1 aromatic heterocycles. The third-order valence-electron chi connectivity index (χ3n) is 5.17. The maximum atomic E-state index is 12.6. The second-order valence-electron chi connectivity index (χ2n) is 7.23. The van der Waals surface area contributed by atoms with Crippen molar-refractivity contribution >= 4 is 11.7 Å². The van der Waals surface area contributed by atoms with Crippen LogP contribution in [0.25, 0.3) is 0 Å². The van der Waals surface area contributed by atoms with E-state index in [4.69, 9.17) is 0 Å². The fraction of sp³-hybridized carbons (Fsp3) is 0.450. The van der Waals surface area contributed by atoms with Crippen LogP contribution in [0.3, 0.4) is 0 Å². The number of hydrogen-bond donors (Lipinski definition) is 1. The first-order valence-electron chi connectivity index (χ1n) is 9.22. The summed E-state index contributed by atoms with van der Waals surface area (Å²) < 4.78 is 2.55. The molecule has 0 aliphatic carbocycles. The van der Waals surface area contributed by atoms with E-state index in [2.05, 4.69) is 11.4 Å². The van der Waals surface area contributed by atoms with Crippen LogP contribution in [0.4, 0.5) is 5.82 Å². The van der Waals surface area contributed by atoms with Gasteiger partial charge < -0.3 is 10.2 Å². The monoisotopic (exact) mass is 370 g/mol. The first-order valence-corrected chi connectivity index (χ1v) is 9.22. The van der Waals surface area contributed by atoms with E-state index in [1.165, 1.54) is 17.7 Å². The minimum Gasteiger partial charge on any atom is -0.357 e. The Kier molecular flexibility index (Phi) is 5.48. The van der Waals surface area contributed by atoms with Crippen LogP contribution in [0, 0.1) is 12.8 Å². The van der Waals surface area contributed by atoms with E-state index in [1.54, 1.807) is 7.05 Å². The summed E-state index contributed by atoms with van der Waals surface area (Å²) in [6.45, 7) is 3.75. The van der Waals surface area contributed by atoms with Crippen molar-refractivity contribution in [1.29, 1.82) is 0 Å². The van der Waals surface area contributed by atoms with E-state index in [-0.39, 0.29) is 23.1 Å². The largest absolute Gasteiger partial charge is 0.357 e. The molecule has 1 aliphatic heterocycles. The average molecular weight is 370 g/mol. The van der Waals surface area contributed by atoms with Crippen molar-refractivity contribution < 1.29 is 4.79 Å². The number of nitrogens with zero attached hydrogens (tertiary/aromatic N) is 3. The van der Waals surface area contributed by atoms with Gasteiger partial charge in [-0.2, -0.15) is 0 Å². The fourth-order valence-corrected chi connectivity index (χ4v) is 3.58. The first-order chi connectivity index (χ1) is 12.9. The lowest BCUT2D eigenvalue weighted by Gasteiger charge is -2.34. The highest BCUT2D eigenvalue weighted by Crippen LogP contribution is 2.21. The minimum absolute atomic E-state index is 0.00930. The van der Waals surface area contributed by atoms with E-state index >= 15 is 0 Å². The van der Waals surface area contributed by atoms with Crippen molar-refractivity contribution in [3.8, 4) is 0 Å². The molecule has 2 aromatic rings. The van der Waals surface area contributed by atoms with Gasteiger partial charge in [0.25, 0.3) is 5.56 Å². The standard InChI is InChI=1S/C20H26N4O3/c1-14-6-4-7-15(10-14)12-21-19(26)16-8-5-9-24(13-16)17-11-18(25)23(3)20(27)22(17)2/h4,6-7,10-11,16H,5,8-9,12-13H2,1-3H3,(H,21,26). The fourth-order valence-electron chi connectivity index (χ4n) is 3.58. The molecule has 1 unspecified atom stereocenters. The SMILES string of the molecule is Cc1cccc(CNC(=O)C2CCCN(c3cc(=O)n(C)c(=O)n3C)C2)c1. The van der Waals surface area contributed by atoms with Crippen molar-refractivity contribution in [2.24, 2.45) is 20.0 Å². The summed E-state index contributed by atoms with van der Waals surface area (Å²) in [4.78, 5) is 38.8. The number of rotatable bonds is 4. The molecule has 27 heavy (non-hydrogen) atoms. The summed E-state index contributed by atoms with van der Waals surface area (Å²) in [5.74, 6) is 0.414. The molecule has 0 saturated carbocycles. The van der Waals surface area contributed by atoms with Crippen molar-refractivity contribution in [1.82, 2.24) is 14.5 Å². The third kappa shape index (κ3) is 4.13. The lowest BCUT2D eigenvalue weighted by molar-refractivity contribution is -0.125. The second-order valence-corrected chi connectivity index (χ2v) is 7.23. The summed E-state index contributed by atoms with van der Waals surface area (Å²) in [7, 11) is 3.12. The van der Waals surface area contributed by atoms with Gasteiger partial charge in [0.05, 0.1) is 5.92 Å². The Hall–Kier alpha value is -2.83. The molecule has 1 atom stereocenters. The maximum absolute atomic E-state index is 12.6. The van der Waals surface area contributed by atoms with Gasteiger partial charge in [-0.25, -0.2) is 4.79 Å². The Morgan fingerprint density at radius 1 is 1.19 bits per heavy atom. The molecule has 1 N–H and O–H groups in total. The second kappa shape index (κ2) is 7.82. The van der Waals surface area contributed by atoms with Crippen molar-refractivity contribution in [3.05, 3.63) is 62.3 Å².